The van der Waals surface area contributed by atoms with E-state index in [-0.39, 0.29) is 5.78 Å². The fourth-order valence-electron chi connectivity index (χ4n) is 3.13. The summed E-state index contributed by atoms with van der Waals surface area (Å²) in [5, 5.41) is 1.05. The monoisotopic (exact) mass is 306 g/mol. The van der Waals surface area contributed by atoms with Crippen LogP contribution in [-0.4, -0.2) is 15.3 Å². The third-order valence-electron chi connectivity index (χ3n) is 4.21. The van der Waals surface area contributed by atoms with E-state index >= 15 is 0 Å². The summed E-state index contributed by atoms with van der Waals surface area (Å²) in [5.74, 6) is 0.504. The van der Waals surface area contributed by atoms with E-state index in [0.29, 0.717) is 12.5 Å². The minimum atomic E-state index is 0.107. The van der Waals surface area contributed by atoms with Crippen LogP contribution >= 0.6 is 0 Å². The molecule has 0 fully saturated rings. The summed E-state index contributed by atoms with van der Waals surface area (Å²) in [6, 6.07) is 10.3. The number of ketones is 1. The number of aryl methyl sites for hydroxylation is 1. The number of carbonyl (C=O) groups is 1. The predicted molar refractivity (Wildman–Crippen MR) is 94.1 cm³/mol. The predicted octanol–water partition coefficient (Wildman–Crippen LogP) is 4.72. The lowest BCUT2D eigenvalue weighted by atomic mass is 9.96. The highest BCUT2D eigenvalue weighted by Gasteiger charge is 2.17. The minimum absolute atomic E-state index is 0.107. The molecule has 3 aromatic rings. The molecule has 2 heterocycles. The zero-order valence-electron chi connectivity index (χ0n) is 14.1. The van der Waals surface area contributed by atoms with Crippen molar-refractivity contribution in [2.45, 2.75) is 40.2 Å². The molecule has 0 aliphatic rings. The van der Waals surface area contributed by atoms with Crippen molar-refractivity contribution in [2.24, 2.45) is 0 Å². The van der Waals surface area contributed by atoms with Crippen molar-refractivity contribution in [3.05, 3.63) is 65.1 Å². The van der Waals surface area contributed by atoms with Crippen molar-refractivity contribution in [3.63, 3.8) is 0 Å². The van der Waals surface area contributed by atoms with Gasteiger partial charge in [0, 0.05) is 23.3 Å². The fraction of sp³-hybridized carbons (Fsp3) is 0.300. The van der Waals surface area contributed by atoms with E-state index < -0.39 is 0 Å². The molecule has 118 valence electrons. The van der Waals surface area contributed by atoms with Gasteiger partial charge in [0.1, 0.15) is 0 Å². The molecule has 23 heavy (non-hydrogen) atoms. The maximum Gasteiger partial charge on any atom is 0.161 e. The van der Waals surface area contributed by atoms with Gasteiger partial charge in [-0.05, 0) is 43.5 Å². The van der Waals surface area contributed by atoms with E-state index in [2.05, 4.69) is 42.5 Å². The molecule has 0 saturated heterocycles. The molecule has 0 aliphatic carbocycles. The van der Waals surface area contributed by atoms with Crippen LogP contribution in [0.5, 0.6) is 0 Å². The Morgan fingerprint density at radius 1 is 1.26 bits per heavy atom. The molecular weight excluding hydrogens is 284 g/mol. The molecule has 0 amide bonds. The highest BCUT2D eigenvalue weighted by atomic mass is 16.1. The van der Waals surface area contributed by atoms with Crippen LogP contribution in [0.15, 0.2) is 42.7 Å². The second-order valence-corrected chi connectivity index (χ2v) is 6.45. The van der Waals surface area contributed by atoms with Crippen molar-refractivity contribution < 1.29 is 4.79 Å². The Hall–Kier alpha value is -2.42. The molecule has 0 unspecified atom stereocenters. The average molecular weight is 306 g/mol. The van der Waals surface area contributed by atoms with Gasteiger partial charge in [-0.1, -0.05) is 31.5 Å². The van der Waals surface area contributed by atoms with Crippen LogP contribution in [0.25, 0.3) is 10.9 Å². The third-order valence-corrected chi connectivity index (χ3v) is 4.21. The maximum atomic E-state index is 12.1. The van der Waals surface area contributed by atoms with Gasteiger partial charge in [-0.25, -0.2) is 0 Å². The van der Waals surface area contributed by atoms with E-state index in [1.807, 2.05) is 24.4 Å². The average Bonchev–Trinajstić information content (AvgIpc) is 2.86. The number of aromatic nitrogens is 2. The SMILES string of the molecule is CC(=O)c1cn(Cc2ccccn2)c2c(C(C)C)cc(C)cc12. The molecule has 0 N–H and O–H groups in total. The van der Waals surface area contributed by atoms with Crippen LogP contribution in [0, 0.1) is 6.92 Å². The lowest BCUT2D eigenvalue weighted by molar-refractivity contribution is 0.101. The third kappa shape index (κ3) is 2.91. The largest absolute Gasteiger partial charge is 0.340 e. The van der Waals surface area contributed by atoms with Crippen LogP contribution in [0.4, 0.5) is 0 Å². The number of carbonyl (C=O) groups excluding carboxylic acids is 1. The lowest BCUT2D eigenvalue weighted by Crippen LogP contribution is -2.03. The number of benzene rings is 1. The van der Waals surface area contributed by atoms with E-state index in [4.69, 9.17) is 0 Å². The Labute approximate surface area is 137 Å². The van der Waals surface area contributed by atoms with E-state index in [0.717, 1.165) is 22.2 Å². The molecular formula is C20H22N2O. The van der Waals surface area contributed by atoms with E-state index in [9.17, 15) is 4.79 Å². The molecule has 0 aliphatic heterocycles. The van der Waals surface area contributed by atoms with Crippen molar-refractivity contribution in [3.8, 4) is 0 Å². The number of pyridine rings is 1. The van der Waals surface area contributed by atoms with Crippen molar-refractivity contribution in [1.82, 2.24) is 9.55 Å². The molecule has 0 spiro atoms. The smallest absolute Gasteiger partial charge is 0.161 e. The quantitative estimate of drug-likeness (QED) is 0.654. The molecule has 0 atom stereocenters. The summed E-state index contributed by atoms with van der Waals surface area (Å²) >= 11 is 0. The van der Waals surface area contributed by atoms with Crippen LogP contribution in [-0.2, 0) is 6.54 Å². The number of fused-ring (bicyclic) bond motifs is 1. The number of rotatable bonds is 4. The summed E-state index contributed by atoms with van der Waals surface area (Å²) in [5.41, 5.74) is 5.42. The first-order chi connectivity index (χ1) is 11.0. The van der Waals surface area contributed by atoms with Gasteiger partial charge in [-0.3, -0.25) is 9.78 Å². The number of hydrogen-bond donors (Lipinski definition) is 0. The standard InChI is InChI=1S/C20H22N2O/c1-13(2)17-9-14(3)10-18-19(15(4)23)12-22(20(17)18)11-16-7-5-6-8-21-16/h5-10,12-13H,11H2,1-4H3. The van der Waals surface area contributed by atoms with E-state index in [1.165, 1.54) is 11.1 Å². The van der Waals surface area contributed by atoms with Gasteiger partial charge in [-0.2, -0.15) is 0 Å². The Bertz CT molecular complexity index is 860. The molecule has 0 bridgehead atoms. The van der Waals surface area contributed by atoms with E-state index in [1.54, 1.807) is 13.1 Å². The molecule has 3 nitrogen and oxygen atoms in total. The first-order valence-corrected chi connectivity index (χ1v) is 8.01. The maximum absolute atomic E-state index is 12.1. The number of Topliss-reactive ketones (excluding diaryl/α,β-unsaturated/α-hetero) is 1. The number of hydrogen-bond acceptors (Lipinski definition) is 2. The number of nitrogens with zero attached hydrogens (tertiary/aromatic N) is 2. The van der Waals surface area contributed by atoms with Gasteiger partial charge in [0.2, 0.25) is 0 Å². The minimum Gasteiger partial charge on any atom is -0.340 e. The fourth-order valence-corrected chi connectivity index (χ4v) is 3.13. The molecule has 1 aromatic carbocycles. The molecule has 0 radical (unpaired) electrons. The second-order valence-electron chi connectivity index (χ2n) is 6.45. The van der Waals surface area contributed by atoms with Gasteiger partial charge in [-0.15, -0.1) is 0 Å². The normalized spacial score (nSPS) is 11.3. The summed E-state index contributed by atoms with van der Waals surface area (Å²) in [6.45, 7) is 8.79. The van der Waals surface area contributed by atoms with Gasteiger partial charge in [0.05, 0.1) is 17.8 Å². The summed E-state index contributed by atoms with van der Waals surface area (Å²) in [4.78, 5) is 16.5. The van der Waals surface area contributed by atoms with Crippen LogP contribution < -0.4 is 0 Å². The summed E-state index contributed by atoms with van der Waals surface area (Å²) < 4.78 is 2.17. The Morgan fingerprint density at radius 3 is 2.65 bits per heavy atom. The lowest BCUT2D eigenvalue weighted by Gasteiger charge is -2.13. The van der Waals surface area contributed by atoms with Gasteiger partial charge < -0.3 is 4.57 Å². The van der Waals surface area contributed by atoms with Crippen molar-refractivity contribution in [1.29, 1.82) is 0 Å². The summed E-state index contributed by atoms with van der Waals surface area (Å²) in [7, 11) is 0. The van der Waals surface area contributed by atoms with Crippen molar-refractivity contribution >= 4 is 16.7 Å². The van der Waals surface area contributed by atoms with Crippen molar-refractivity contribution in [2.75, 3.05) is 0 Å². The zero-order chi connectivity index (χ0) is 16.6. The zero-order valence-corrected chi connectivity index (χ0v) is 14.1. The Balaban J connectivity index is 2.26. The summed E-state index contributed by atoms with van der Waals surface area (Å²) in [6.07, 6.45) is 3.79. The molecule has 3 heteroatoms. The van der Waals surface area contributed by atoms with Gasteiger partial charge >= 0.3 is 0 Å². The molecule has 2 aromatic heterocycles. The van der Waals surface area contributed by atoms with Crippen LogP contribution in [0.3, 0.4) is 0 Å². The molecule has 3 rings (SSSR count). The second kappa shape index (κ2) is 5.99. The first kappa shape index (κ1) is 15.5. The first-order valence-electron chi connectivity index (χ1n) is 8.01. The Morgan fingerprint density at radius 2 is 2.04 bits per heavy atom. The van der Waals surface area contributed by atoms with Crippen LogP contribution in [0.2, 0.25) is 0 Å². The molecule has 0 saturated carbocycles. The highest BCUT2D eigenvalue weighted by Crippen LogP contribution is 2.31. The Kier molecular flexibility index (Phi) is 4.03. The topological polar surface area (TPSA) is 34.9 Å². The van der Waals surface area contributed by atoms with Gasteiger partial charge in [0.25, 0.3) is 0 Å². The van der Waals surface area contributed by atoms with Crippen LogP contribution in [0.1, 0.15) is 53.9 Å². The highest BCUT2D eigenvalue weighted by molar-refractivity contribution is 6.08. The van der Waals surface area contributed by atoms with Gasteiger partial charge in [0.15, 0.2) is 5.78 Å².